The Labute approximate surface area is 86.2 Å². The van der Waals surface area contributed by atoms with E-state index in [1.807, 2.05) is 20.8 Å². The number of nitrogens with zero attached hydrogens (tertiary/aromatic N) is 1. The summed E-state index contributed by atoms with van der Waals surface area (Å²) in [6, 6.07) is 0. The number of thioether (sulfide) groups is 1. The van der Waals surface area contributed by atoms with Crippen LogP contribution in [0.25, 0.3) is 0 Å². The largest absolute Gasteiger partial charge is 0.346 e. The van der Waals surface area contributed by atoms with E-state index < -0.39 is 5.16 Å². The highest BCUT2D eigenvalue weighted by atomic mass is 32.2. The number of rotatable bonds is 1. The quantitative estimate of drug-likeness (QED) is 0.725. The first-order valence-electron chi connectivity index (χ1n) is 4.07. The molecule has 76 valence electrons. The van der Waals surface area contributed by atoms with Crippen molar-refractivity contribution in [2.45, 2.75) is 26.3 Å². The first-order valence-corrected chi connectivity index (χ1v) is 4.95. The van der Waals surface area contributed by atoms with Crippen LogP contribution in [-0.2, 0) is 4.79 Å². The molecule has 1 aliphatic rings. The van der Waals surface area contributed by atoms with Crippen LogP contribution in [0.1, 0.15) is 20.8 Å². The molecule has 5 heteroatoms. The Morgan fingerprint density at radius 2 is 2.29 bits per heavy atom. The van der Waals surface area contributed by atoms with Crippen LogP contribution in [0.2, 0.25) is 0 Å². The minimum absolute atomic E-state index is 0.186. The second-order valence-electron chi connectivity index (χ2n) is 3.82. The summed E-state index contributed by atoms with van der Waals surface area (Å²) < 4.78 is 12.5. The lowest BCUT2D eigenvalue weighted by atomic mass is 10.1. The Hall–Kier alpha value is -1.06. The van der Waals surface area contributed by atoms with Crippen molar-refractivity contribution in [3.8, 4) is 0 Å². The molecule has 0 saturated carbocycles. The van der Waals surface area contributed by atoms with E-state index in [1.54, 1.807) is 0 Å². The monoisotopic (exact) mass is 214 g/mol. The van der Waals surface area contributed by atoms with E-state index in [0.717, 1.165) is 11.8 Å². The summed E-state index contributed by atoms with van der Waals surface area (Å²) >= 11 is 0.803. The van der Waals surface area contributed by atoms with Gasteiger partial charge in [-0.3, -0.25) is 4.79 Å². The van der Waals surface area contributed by atoms with Gasteiger partial charge in [-0.1, -0.05) is 11.8 Å². The molecule has 0 aromatic carbocycles. The van der Waals surface area contributed by atoms with Crippen molar-refractivity contribution in [3.63, 3.8) is 0 Å². The molecule has 0 radical (unpaired) electrons. The molecule has 0 unspecified atom stereocenters. The highest BCUT2D eigenvalue weighted by molar-refractivity contribution is 8.05. The van der Waals surface area contributed by atoms with E-state index in [2.05, 4.69) is 16.2 Å². The van der Waals surface area contributed by atoms with Crippen molar-refractivity contribution in [1.29, 1.82) is 0 Å². The Bertz CT molecular complexity index is 348. The lowest BCUT2D eigenvalue weighted by molar-refractivity contribution is -0.118. The molecule has 0 aromatic rings. The summed E-state index contributed by atoms with van der Waals surface area (Å²) in [7, 11) is 0. The fraction of sp³-hybridized carbons (Fsp3) is 0.444. The molecule has 3 nitrogen and oxygen atoms in total. The molecule has 1 N–H and O–H groups in total. The lowest BCUT2D eigenvalue weighted by Gasteiger charge is -2.20. The number of halogens is 1. The van der Waals surface area contributed by atoms with Crippen molar-refractivity contribution >= 4 is 23.5 Å². The summed E-state index contributed by atoms with van der Waals surface area (Å²) in [4.78, 5) is 15.0. The molecule has 14 heavy (non-hydrogen) atoms. The molecule has 0 fully saturated rings. The van der Waals surface area contributed by atoms with E-state index in [4.69, 9.17) is 0 Å². The first kappa shape index (κ1) is 11.0. The number of hydrogen-bond acceptors (Lipinski definition) is 3. The van der Waals surface area contributed by atoms with Crippen molar-refractivity contribution in [3.05, 3.63) is 16.3 Å². The zero-order valence-electron chi connectivity index (χ0n) is 8.22. The molecule has 1 rings (SSSR count). The fourth-order valence-electron chi connectivity index (χ4n) is 0.773. The molecule has 1 aliphatic heterocycles. The molecule has 0 spiro atoms. The Morgan fingerprint density at radius 1 is 1.64 bits per heavy atom. The zero-order valence-corrected chi connectivity index (χ0v) is 9.04. The van der Waals surface area contributed by atoms with Gasteiger partial charge in [0.15, 0.2) is 0 Å². The van der Waals surface area contributed by atoms with Crippen LogP contribution in [0.5, 0.6) is 0 Å². The summed E-state index contributed by atoms with van der Waals surface area (Å²) in [5, 5.41) is 3.56. The third-order valence-electron chi connectivity index (χ3n) is 1.26. The van der Waals surface area contributed by atoms with E-state index >= 15 is 0 Å². The lowest BCUT2D eigenvalue weighted by Crippen LogP contribution is -2.41. The molecular formula is C9H11FN2OS. The Balaban J connectivity index is 2.69. The van der Waals surface area contributed by atoms with Gasteiger partial charge in [0.05, 0.1) is 0 Å². The summed E-state index contributed by atoms with van der Waals surface area (Å²) in [6.45, 7) is 5.59. The first-order chi connectivity index (χ1) is 6.38. The second-order valence-corrected chi connectivity index (χ2v) is 4.65. The summed E-state index contributed by atoms with van der Waals surface area (Å²) in [5.41, 5.74) is -0.135. The van der Waals surface area contributed by atoms with Crippen molar-refractivity contribution < 1.29 is 9.18 Å². The van der Waals surface area contributed by atoms with Gasteiger partial charge < -0.3 is 5.32 Å². The topological polar surface area (TPSA) is 41.5 Å². The van der Waals surface area contributed by atoms with Gasteiger partial charge >= 0.3 is 0 Å². The predicted molar refractivity (Wildman–Crippen MR) is 55.6 cm³/mol. The van der Waals surface area contributed by atoms with Gasteiger partial charge in [-0.2, -0.15) is 9.38 Å². The van der Waals surface area contributed by atoms with Gasteiger partial charge in [0, 0.05) is 16.8 Å². The molecule has 0 bridgehead atoms. The van der Waals surface area contributed by atoms with Crippen LogP contribution < -0.4 is 5.32 Å². The average molecular weight is 214 g/mol. The van der Waals surface area contributed by atoms with Crippen LogP contribution in [0.3, 0.4) is 0 Å². The fourth-order valence-corrected chi connectivity index (χ4v) is 1.25. The number of hydrogen-bond donors (Lipinski definition) is 1. The van der Waals surface area contributed by atoms with Gasteiger partial charge in [-0.25, -0.2) is 0 Å². The molecule has 1 heterocycles. The average Bonchev–Trinajstić information content (AvgIpc) is 2.02. The molecular weight excluding hydrogens is 203 g/mol. The van der Waals surface area contributed by atoms with Crippen molar-refractivity contribution in [2.24, 2.45) is 4.99 Å². The number of nitrogens with one attached hydrogen (secondary N) is 1. The zero-order chi connectivity index (χ0) is 10.8. The van der Waals surface area contributed by atoms with E-state index in [0.29, 0.717) is 0 Å². The van der Waals surface area contributed by atoms with Gasteiger partial charge in [0.1, 0.15) is 5.70 Å². The standard InChI is InChI=1S/C9H11FN2OS/c1-9(2,3)12-8(13)6-5-14-7(10)4-11-6/h5H,1-3H3,(H,12,13). The molecule has 0 aromatic heterocycles. The predicted octanol–water partition coefficient (Wildman–Crippen LogP) is 1.97. The number of carbonyl (C=O) groups is 1. The third kappa shape index (κ3) is 3.36. The van der Waals surface area contributed by atoms with E-state index in [1.165, 1.54) is 5.41 Å². The maximum atomic E-state index is 12.5. The molecule has 1 amide bonds. The SMILES string of the molecule is CC(C)(C)NC(=O)C1=CSC(F)=C=N1. The molecule has 0 aliphatic carbocycles. The van der Waals surface area contributed by atoms with E-state index in [-0.39, 0.29) is 17.1 Å². The van der Waals surface area contributed by atoms with Crippen LogP contribution in [-0.4, -0.2) is 17.3 Å². The van der Waals surface area contributed by atoms with Crippen LogP contribution in [0, 0.1) is 0 Å². The van der Waals surface area contributed by atoms with Gasteiger partial charge in [-0.05, 0) is 20.8 Å². The molecule has 0 atom stereocenters. The minimum Gasteiger partial charge on any atom is -0.346 e. The smallest absolute Gasteiger partial charge is 0.271 e. The van der Waals surface area contributed by atoms with Crippen LogP contribution in [0.15, 0.2) is 21.3 Å². The van der Waals surface area contributed by atoms with Crippen molar-refractivity contribution in [2.75, 3.05) is 0 Å². The molecule has 0 saturated heterocycles. The van der Waals surface area contributed by atoms with Gasteiger partial charge in [0.25, 0.3) is 5.91 Å². The summed E-state index contributed by atoms with van der Waals surface area (Å²) in [6.07, 6.45) is 0. The third-order valence-corrected chi connectivity index (χ3v) is 1.90. The Kier molecular flexibility index (Phi) is 3.13. The van der Waals surface area contributed by atoms with Gasteiger partial charge in [-0.15, -0.1) is 0 Å². The highest BCUT2D eigenvalue weighted by Gasteiger charge is 2.18. The maximum Gasteiger partial charge on any atom is 0.271 e. The van der Waals surface area contributed by atoms with Crippen LogP contribution >= 0.6 is 11.8 Å². The Morgan fingerprint density at radius 3 is 2.71 bits per heavy atom. The number of amides is 1. The van der Waals surface area contributed by atoms with Gasteiger partial charge in [0.2, 0.25) is 5.16 Å². The highest BCUT2D eigenvalue weighted by Crippen LogP contribution is 2.21. The van der Waals surface area contributed by atoms with Crippen molar-refractivity contribution in [1.82, 2.24) is 5.32 Å². The number of aliphatic imine (C=N–C) groups is 1. The second kappa shape index (κ2) is 3.98. The van der Waals surface area contributed by atoms with Crippen LogP contribution in [0.4, 0.5) is 4.39 Å². The summed E-state index contributed by atoms with van der Waals surface area (Å²) in [5.74, 6) is 1.79. The number of carbonyl (C=O) groups excluding carboxylic acids is 1. The maximum absolute atomic E-state index is 12.5. The normalized spacial score (nSPS) is 16.0. The minimum atomic E-state index is -0.530. The van der Waals surface area contributed by atoms with E-state index in [9.17, 15) is 9.18 Å².